The smallest absolute Gasteiger partial charge is 0.262 e. The lowest BCUT2D eigenvalue weighted by Gasteiger charge is -2.30. The number of hydrogen-bond donors (Lipinski definition) is 1. The molecule has 23 heavy (non-hydrogen) atoms. The zero-order chi connectivity index (χ0) is 16.4. The van der Waals surface area contributed by atoms with Crippen LogP contribution in [0.15, 0.2) is 17.6 Å². The standard InChI is InChI=1S/C15H24N4O3S/c1-18-10-14(16-11-18)23(21,22)19-8-6-12(7-9-19)15(20)17-13-4-2-3-5-13/h10-13H,2-9H2,1H3,(H,17,20). The predicted octanol–water partition coefficient (Wildman–Crippen LogP) is 0.880. The molecule has 0 spiro atoms. The van der Waals surface area contributed by atoms with Crippen LogP contribution in [-0.4, -0.2) is 47.3 Å². The normalized spacial score (nSPS) is 21.6. The average Bonchev–Trinajstić information content (AvgIpc) is 3.19. The van der Waals surface area contributed by atoms with E-state index in [9.17, 15) is 13.2 Å². The summed E-state index contributed by atoms with van der Waals surface area (Å²) in [6.07, 6.45) is 8.65. The number of imidazole rings is 1. The van der Waals surface area contributed by atoms with Crippen molar-refractivity contribution in [1.82, 2.24) is 19.2 Å². The number of aryl methyl sites for hydroxylation is 1. The number of nitrogens with zero attached hydrogens (tertiary/aromatic N) is 3. The maximum Gasteiger partial charge on any atom is 0.262 e. The Bertz CT molecular complexity index is 656. The molecular weight excluding hydrogens is 316 g/mol. The third kappa shape index (κ3) is 3.58. The second-order valence-electron chi connectivity index (χ2n) is 6.55. The van der Waals surface area contributed by atoms with E-state index in [0.717, 1.165) is 12.8 Å². The molecule has 7 nitrogen and oxygen atoms in total. The number of carbonyl (C=O) groups is 1. The summed E-state index contributed by atoms with van der Waals surface area (Å²) in [5.74, 6) is 0.0116. The van der Waals surface area contributed by atoms with Gasteiger partial charge in [0.25, 0.3) is 10.0 Å². The minimum Gasteiger partial charge on any atom is -0.353 e. The van der Waals surface area contributed by atoms with Crippen molar-refractivity contribution in [3.8, 4) is 0 Å². The van der Waals surface area contributed by atoms with Crippen LogP contribution in [0.1, 0.15) is 38.5 Å². The van der Waals surface area contributed by atoms with Gasteiger partial charge in [-0.25, -0.2) is 13.4 Å². The van der Waals surface area contributed by atoms with Gasteiger partial charge in [-0.05, 0) is 25.7 Å². The van der Waals surface area contributed by atoms with Crippen LogP contribution in [-0.2, 0) is 21.9 Å². The highest BCUT2D eigenvalue weighted by Crippen LogP contribution is 2.24. The van der Waals surface area contributed by atoms with Crippen LogP contribution >= 0.6 is 0 Å². The molecule has 2 heterocycles. The lowest BCUT2D eigenvalue weighted by Crippen LogP contribution is -2.44. The Labute approximate surface area is 137 Å². The number of nitrogens with one attached hydrogen (secondary N) is 1. The van der Waals surface area contributed by atoms with Crippen molar-refractivity contribution < 1.29 is 13.2 Å². The van der Waals surface area contributed by atoms with E-state index in [-0.39, 0.29) is 16.9 Å². The molecule has 0 bridgehead atoms. The fourth-order valence-corrected chi connectivity index (χ4v) is 4.84. The van der Waals surface area contributed by atoms with E-state index in [1.807, 2.05) is 0 Å². The predicted molar refractivity (Wildman–Crippen MR) is 85.1 cm³/mol. The van der Waals surface area contributed by atoms with Gasteiger partial charge in [-0.3, -0.25) is 4.79 Å². The number of aromatic nitrogens is 2. The highest BCUT2D eigenvalue weighted by atomic mass is 32.2. The van der Waals surface area contributed by atoms with E-state index in [0.29, 0.717) is 32.0 Å². The molecule has 1 amide bonds. The molecular formula is C15H24N4O3S. The Kier molecular flexibility index (Phi) is 4.72. The Morgan fingerprint density at radius 1 is 1.22 bits per heavy atom. The van der Waals surface area contributed by atoms with Crippen LogP contribution in [0.2, 0.25) is 0 Å². The molecule has 2 fully saturated rings. The molecule has 1 saturated carbocycles. The second kappa shape index (κ2) is 6.60. The average molecular weight is 340 g/mol. The van der Waals surface area contributed by atoms with Gasteiger partial charge in [0, 0.05) is 38.3 Å². The molecule has 0 unspecified atom stereocenters. The van der Waals surface area contributed by atoms with Crippen LogP contribution in [0.25, 0.3) is 0 Å². The highest BCUT2D eigenvalue weighted by Gasteiger charge is 2.33. The number of rotatable bonds is 4. The molecule has 0 atom stereocenters. The number of sulfonamides is 1. The molecule has 8 heteroatoms. The van der Waals surface area contributed by atoms with Crippen LogP contribution in [0.3, 0.4) is 0 Å². The minimum atomic E-state index is -3.54. The van der Waals surface area contributed by atoms with E-state index in [1.54, 1.807) is 11.6 Å². The number of piperidine rings is 1. The summed E-state index contributed by atoms with van der Waals surface area (Å²) >= 11 is 0. The fraction of sp³-hybridized carbons (Fsp3) is 0.733. The van der Waals surface area contributed by atoms with Crippen molar-refractivity contribution in [3.05, 3.63) is 12.5 Å². The van der Waals surface area contributed by atoms with Crippen LogP contribution in [0.4, 0.5) is 0 Å². The van der Waals surface area contributed by atoms with Gasteiger partial charge in [-0.15, -0.1) is 0 Å². The van der Waals surface area contributed by atoms with E-state index < -0.39 is 10.0 Å². The first-order valence-electron chi connectivity index (χ1n) is 8.25. The van der Waals surface area contributed by atoms with Crippen LogP contribution in [0.5, 0.6) is 0 Å². The summed E-state index contributed by atoms with van der Waals surface area (Å²) in [7, 11) is -1.80. The lowest BCUT2D eigenvalue weighted by molar-refractivity contribution is -0.126. The second-order valence-corrected chi connectivity index (χ2v) is 8.43. The molecule has 1 aromatic heterocycles. The SMILES string of the molecule is Cn1cnc(S(=O)(=O)N2CCC(C(=O)NC3CCCC3)CC2)c1. The summed E-state index contributed by atoms with van der Waals surface area (Å²) in [4.78, 5) is 16.2. The summed E-state index contributed by atoms with van der Waals surface area (Å²) in [6.45, 7) is 0.753. The van der Waals surface area contributed by atoms with Crippen molar-refractivity contribution in [1.29, 1.82) is 0 Å². The number of hydrogen-bond acceptors (Lipinski definition) is 4. The van der Waals surface area contributed by atoms with Gasteiger partial charge in [0.05, 0.1) is 6.33 Å². The van der Waals surface area contributed by atoms with Gasteiger partial charge in [0.15, 0.2) is 5.03 Å². The molecule has 1 aliphatic heterocycles. The van der Waals surface area contributed by atoms with E-state index in [2.05, 4.69) is 10.3 Å². The molecule has 0 radical (unpaired) electrons. The third-order valence-corrected chi connectivity index (χ3v) is 6.60. The maximum atomic E-state index is 12.5. The van der Waals surface area contributed by atoms with Crippen molar-refractivity contribution in [2.45, 2.75) is 49.6 Å². The molecule has 1 aromatic rings. The van der Waals surface area contributed by atoms with Crippen molar-refractivity contribution in [2.75, 3.05) is 13.1 Å². The first-order chi connectivity index (χ1) is 11.0. The Hall–Kier alpha value is -1.41. The van der Waals surface area contributed by atoms with Gasteiger partial charge in [0.2, 0.25) is 5.91 Å². The largest absolute Gasteiger partial charge is 0.353 e. The molecule has 0 aromatic carbocycles. The van der Waals surface area contributed by atoms with Crippen molar-refractivity contribution >= 4 is 15.9 Å². The number of carbonyl (C=O) groups excluding carboxylic acids is 1. The lowest BCUT2D eigenvalue weighted by atomic mass is 9.97. The fourth-order valence-electron chi connectivity index (χ4n) is 3.40. The van der Waals surface area contributed by atoms with Gasteiger partial charge >= 0.3 is 0 Å². The molecule has 3 rings (SSSR count). The summed E-state index contributed by atoms with van der Waals surface area (Å²) in [6, 6.07) is 0.317. The summed E-state index contributed by atoms with van der Waals surface area (Å²) < 4.78 is 28.1. The molecule has 1 saturated heterocycles. The topological polar surface area (TPSA) is 84.3 Å². The first kappa shape index (κ1) is 16.4. The van der Waals surface area contributed by atoms with Gasteiger partial charge in [0.1, 0.15) is 0 Å². The van der Waals surface area contributed by atoms with Crippen LogP contribution < -0.4 is 5.32 Å². The summed E-state index contributed by atoms with van der Waals surface area (Å²) in [5, 5.41) is 3.19. The molecule has 1 N–H and O–H groups in total. The van der Waals surface area contributed by atoms with E-state index in [1.165, 1.54) is 29.7 Å². The monoisotopic (exact) mass is 340 g/mol. The van der Waals surface area contributed by atoms with Crippen LogP contribution in [0, 0.1) is 5.92 Å². The van der Waals surface area contributed by atoms with Gasteiger partial charge in [-0.1, -0.05) is 12.8 Å². The minimum absolute atomic E-state index is 0.0776. The highest BCUT2D eigenvalue weighted by molar-refractivity contribution is 7.89. The Morgan fingerprint density at radius 2 is 1.87 bits per heavy atom. The molecule has 1 aliphatic carbocycles. The van der Waals surface area contributed by atoms with Crippen molar-refractivity contribution in [2.24, 2.45) is 13.0 Å². The van der Waals surface area contributed by atoms with Gasteiger partial charge in [-0.2, -0.15) is 4.31 Å². The Morgan fingerprint density at radius 3 is 2.43 bits per heavy atom. The number of amides is 1. The van der Waals surface area contributed by atoms with Gasteiger partial charge < -0.3 is 9.88 Å². The third-order valence-electron chi connectivity index (χ3n) is 4.81. The summed E-state index contributed by atoms with van der Waals surface area (Å²) in [5.41, 5.74) is 0. The van der Waals surface area contributed by atoms with E-state index in [4.69, 9.17) is 0 Å². The molecule has 128 valence electrons. The first-order valence-corrected chi connectivity index (χ1v) is 9.69. The zero-order valence-corrected chi connectivity index (χ0v) is 14.3. The van der Waals surface area contributed by atoms with Crippen molar-refractivity contribution in [3.63, 3.8) is 0 Å². The maximum absolute atomic E-state index is 12.5. The Balaban J connectivity index is 1.56. The quantitative estimate of drug-likeness (QED) is 0.882. The zero-order valence-electron chi connectivity index (χ0n) is 13.4. The van der Waals surface area contributed by atoms with E-state index >= 15 is 0 Å². The molecule has 2 aliphatic rings.